The third-order valence-electron chi connectivity index (χ3n) is 6.65. The fraction of sp³-hybridized carbons (Fsp3) is 0.458. The second-order valence-electron chi connectivity index (χ2n) is 9.14. The maximum atomic E-state index is 12.7. The van der Waals surface area contributed by atoms with Crippen LogP contribution < -0.4 is 25.7 Å². The summed E-state index contributed by atoms with van der Waals surface area (Å²) < 4.78 is 13.3. The number of anilines is 1. The smallest absolute Gasteiger partial charge is 0.269 e. The molecule has 2 aromatic heterocycles. The summed E-state index contributed by atoms with van der Waals surface area (Å²) in [7, 11) is 0. The summed E-state index contributed by atoms with van der Waals surface area (Å²) in [5.41, 5.74) is 2.11. The van der Waals surface area contributed by atoms with Gasteiger partial charge in [0.15, 0.2) is 17.3 Å². The molecule has 188 valence electrons. The highest BCUT2D eigenvalue weighted by Crippen LogP contribution is 2.36. The molecule has 3 aliphatic rings. The van der Waals surface area contributed by atoms with Crippen molar-refractivity contribution in [3.63, 3.8) is 0 Å². The number of fused-ring (bicyclic) bond motifs is 4. The lowest BCUT2D eigenvalue weighted by atomic mass is 10.1. The fourth-order valence-corrected chi connectivity index (χ4v) is 5.60. The monoisotopic (exact) mass is 509 g/mol. The molecule has 5 heterocycles. The van der Waals surface area contributed by atoms with Gasteiger partial charge in [-0.1, -0.05) is 11.8 Å². The zero-order chi connectivity index (χ0) is 24.5. The predicted molar refractivity (Wildman–Crippen MR) is 135 cm³/mol. The largest absolute Gasteiger partial charge is 0.486 e. The summed E-state index contributed by atoms with van der Waals surface area (Å²) in [5, 5.41) is 7.04. The molecule has 0 unspecified atom stereocenters. The van der Waals surface area contributed by atoms with Crippen LogP contribution in [0.15, 0.2) is 34.3 Å². The number of likely N-dealkylation sites (tertiary alicyclic amines) is 1. The molecular weight excluding hydrogens is 482 g/mol. The highest BCUT2D eigenvalue weighted by atomic mass is 32.2. The van der Waals surface area contributed by atoms with E-state index in [0.717, 1.165) is 48.8 Å². The van der Waals surface area contributed by atoms with E-state index < -0.39 is 0 Å². The van der Waals surface area contributed by atoms with Crippen LogP contribution >= 0.6 is 11.8 Å². The van der Waals surface area contributed by atoms with Gasteiger partial charge in [-0.05, 0) is 37.6 Å². The molecule has 2 N–H and O–H groups in total. The zero-order valence-electron chi connectivity index (χ0n) is 19.7. The first kappa shape index (κ1) is 23.2. The minimum Gasteiger partial charge on any atom is -0.486 e. The number of thioether (sulfide) groups is 1. The third-order valence-corrected chi connectivity index (χ3v) is 7.63. The van der Waals surface area contributed by atoms with E-state index in [1.165, 1.54) is 18.0 Å². The molecule has 1 atom stereocenters. The molecule has 36 heavy (non-hydrogen) atoms. The molecule has 0 spiro atoms. The van der Waals surface area contributed by atoms with E-state index in [4.69, 9.17) is 9.47 Å². The van der Waals surface area contributed by atoms with Crippen molar-refractivity contribution in [2.75, 3.05) is 50.5 Å². The molecule has 3 aromatic rings. The number of amides is 1. The van der Waals surface area contributed by atoms with Crippen LogP contribution in [0, 0.1) is 5.92 Å². The number of nitrogens with one attached hydrogen (secondary N) is 2. The topological polar surface area (TPSA) is 124 Å². The number of aromatic nitrogens is 4. The number of hydrogen-bond donors (Lipinski definition) is 2. The lowest BCUT2D eigenvalue weighted by molar-refractivity contribution is -0.113. The van der Waals surface area contributed by atoms with Gasteiger partial charge in [0, 0.05) is 26.2 Å². The average molecular weight is 510 g/mol. The highest BCUT2D eigenvalue weighted by molar-refractivity contribution is 8.00. The van der Waals surface area contributed by atoms with Crippen molar-refractivity contribution in [3.8, 4) is 11.5 Å². The molecule has 0 bridgehead atoms. The first-order chi connectivity index (χ1) is 17.6. The van der Waals surface area contributed by atoms with Crippen LogP contribution in [0.5, 0.6) is 11.5 Å². The summed E-state index contributed by atoms with van der Waals surface area (Å²) >= 11 is 1.41. The first-order valence-corrected chi connectivity index (χ1v) is 13.1. The molecule has 0 radical (unpaired) electrons. The Morgan fingerprint density at radius 3 is 3.00 bits per heavy atom. The summed E-state index contributed by atoms with van der Waals surface area (Å²) in [5.74, 6) is 2.68. The number of hydrogen-bond acceptors (Lipinski definition) is 10. The molecule has 6 rings (SSSR count). The summed E-state index contributed by atoms with van der Waals surface area (Å²) in [4.78, 5) is 39.9. The molecule has 12 heteroatoms. The van der Waals surface area contributed by atoms with E-state index in [2.05, 4.69) is 30.5 Å². The minimum atomic E-state index is -0.136. The van der Waals surface area contributed by atoms with Crippen LogP contribution in [0.2, 0.25) is 0 Å². The van der Waals surface area contributed by atoms with Crippen LogP contribution in [0.1, 0.15) is 12.1 Å². The Morgan fingerprint density at radius 1 is 1.14 bits per heavy atom. The molecule has 1 aromatic carbocycles. The van der Waals surface area contributed by atoms with Crippen LogP contribution in [0.4, 0.5) is 5.82 Å². The van der Waals surface area contributed by atoms with Gasteiger partial charge in [0.1, 0.15) is 23.8 Å². The van der Waals surface area contributed by atoms with Crippen LogP contribution in [0.25, 0.3) is 11.0 Å². The second kappa shape index (κ2) is 10.0. The summed E-state index contributed by atoms with van der Waals surface area (Å²) in [6.45, 7) is 5.71. The highest BCUT2D eigenvalue weighted by Gasteiger charge is 2.24. The van der Waals surface area contributed by atoms with E-state index in [-0.39, 0.29) is 11.5 Å². The van der Waals surface area contributed by atoms with E-state index in [1.54, 1.807) is 10.8 Å². The zero-order valence-corrected chi connectivity index (χ0v) is 20.6. The number of rotatable bonds is 7. The molecule has 3 aliphatic heterocycles. The number of carbonyl (C=O) groups excluding carboxylic acids is 1. The normalized spacial score (nSPS) is 19.3. The van der Waals surface area contributed by atoms with Gasteiger partial charge in [0.05, 0.1) is 29.4 Å². The van der Waals surface area contributed by atoms with Crippen molar-refractivity contribution in [1.82, 2.24) is 29.7 Å². The summed E-state index contributed by atoms with van der Waals surface area (Å²) in [6.07, 6.45) is 4.23. The molecule has 0 aliphatic carbocycles. The molecule has 1 amide bonds. The average Bonchev–Trinajstić information content (AvgIpc) is 3.35. The van der Waals surface area contributed by atoms with Gasteiger partial charge in [-0.25, -0.2) is 15.0 Å². The molecule has 11 nitrogen and oxygen atoms in total. The number of carbonyl (C=O) groups is 1. The minimum absolute atomic E-state index is 0.0410. The van der Waals surface area contributed by atoms with Crippen molar-refractivity contribution in [3.05, 3.63) is 40.6 Å². The Balaban J connectivity index is 1.04. The van der Waals surface area contributed by atoms with E-state index in [1.807, 2.05) is 12.1 Å². The van der Waals surface area contributed by atoms with Crippen LogP contribution in [-0.4, -0.2) is 75.5 Å². The predicted octanol–water partition coefficient (Wildman–Crippen LogP) is 1.11. The van der Waals surface area contributed by atoms with Crippen LogP contribution in [0.3, 0.4) is 0 Å². The van der Waals surface area contributed by atoms with Crippen molar-refractivity contribution in [1.29, 1.82) is 0 Å². The molecule has 0 saturated carbocycles. The van der Waals surface area contributed by atoms with E-state index in [0.29, 0.717) is 60.8 Å². The Kier molecular flexibility index (Phi) is 6.46. The maximum absolute atomic E-state index is 12.7. The third kappa shape index (κ3) is 4.75. The number of ether oxygens (including phenoxy) is 2. The summed E-state index contributed by atoms with van der Waals surface area (Å²) in [6, 6.07) is 3.72. The Hall–Kier alpha value is -3.22. The van der Waals surface area contributed by atoms with Gasteiger partial charge in [0.25, 0.3) is 5.56 Å². The van der Waals surface area contributed by atoms with Gasteiger partial charge >= 0.3 is 0 Å². The molecule has 1 fully saturated rings. The standard InChI is InChI=1S/C24H27N7O4S/c32-19-14-36-24-23(29-19)28-16(11-27-24)10-25-9-15-3-4-30(13-15)5-6-31-20(33)12-26-17-1-2-18-22(21(17)31)35-8-7-34-18/h1-2,11-12,15,25H,3-10,13-14H2,(H,28,29,32)/t15-/m0/s1. The quantitative estimate of drug-likeness (QED) is 0.479. The van der Waals surface area contributed by atoms with Gasteiger partial charge in [-0.3, -0.25) is 9.59 Å². The van der Waals surface area contributed by atoms with Gasteiger partial charge in [-0.2, -0.15) is 0 Å². The molecular formula is C24H27N7O4S. The molecule has 1 saturated heterocycles. The first-order valence-electron chi connectivity index (χ1n) is 12.1. The SMILES string of the molecule is O=C1CSc2ncc(CNC[C@@H]3CCN(CCn4c(=O)cnc5ccc6c(c54)OCCO6)C3)nc2N1. The Morgan fingerprint density at radius 2 is 2.06 bits per heavy atom. The second-order valence-corrected chi connectivity index (χ2v) is 10.1. The van der Waals surface area contributed by atoms with Crippen molar-refractivity contribution < 1.29 is 14.3 Å². The van der Waals surface area contributed by atoms with Gasteiger partial charge < -0.3 is 29.6 Å². The Bertz CT molecular complexity index is 1360. The van der Waals surface area contributed by atoms with Crippen LogP contribution in [-0.2, 0) is 17.9 Å². The van der Waals surface area contributed by atoms with Gasteiger partial charge in [0.2, 0.25) is 5.91 Å². The van der Waals surface area contributed by atoms with Crippen molar-refractivity contribution in [2.24, 2.45) is 5.92 Å². The lowest BCUT2D eigenvalue weighted by Gasteiger charge is -2.22. The maximum Gasteiger partial charge on any atom is 0.269 e. The van der Waals surface area contributed by atoms with E-state index >= 15 is 0 Å². The van der Waals surface area contributed by atoms with Crippen molar-refractivity contribution >= 4 is 34.5 Å². The van der Waals surface area contributed by atoms with E-state index in [9.17, 15) is 9.59 Å². The number of nitrogens with zero attached hydrogens (tertiary/aromatic N) is 5. The Labute approximate surface area is 211 Å². The number of benzene rings is 1. The lowest BCUT2D eigenvalue weighted by Crippen LogP contribution is -2.31. The van der Waals surface area contributed by atoms with Gasteiger partial charge in [-0.15, -0.1) is 0 Å². The fourth-order valence-electron chi connectivity index (χ4n) is 4.90. The van der Waals surface area contributed by atoms with Crippen molar-refractivity contribution in [2.45, 2.75) is 24.5 Å².